The largest absolute Gasteiger partial charge is 0.373 e. The van der Waals surface area contributed by atoms with Crippen LogP contribution in [-0.2, 0) is 4.74 Å². The van der Waals surface area contributed by atoms with E-state index in [9.17, 15) is 0 Å². The Bertz CT molecular complexity index is 198. The second-order valence-corrected chi connectivity index (χ2v) is 12.0. The number of rotatable bonds is 10. The first kappa shape index (κ1) is 15.2. The van der Waals surface area contributed by atoms with Crippen molar-refractivity contribution in [2.45, 2.75) is 96.2 Å². The third-order valence-electron chi connectivity index (χ3n) is 3.78. The van der Waals surface area contributed by atoms with E-state index < -0.39 is 8.07 Å². The molecule has 0 aromatic rings. The molecule has 17 heavy (non-hydrogen) atoms. The SMILES string of the molecule is CCCCCCCCCCC1OC1[Si](C)(C)C. The Morgan fingerprint density at radius 2 is 1.35 bits per heavy atom. The van der Waals surface area contributed by atoms with Gasteiger partial charge in [-0.2, -0.15) is 0 Å². The molecule has 1 rings (SSSR count). The van der Waals surface area contributed by atoms with E-state index in [1.807, 2.05) is 0 Å². The van der Waals surface area contributed by atoms with Gasteiger partial charge in [-0.1, -0.05) is 77.9 Å². The molecule has 0 aromatic carbocycles. The molecule has 1 heterocycles. The maximum Gasteiger partial charge on any atom is 0.0819 e. The van der Waals surface area contributed by atoms with Crippen molar-refractivity contribution in [3.05, 3.63) is 0 Å². The zero-order valence-electron chi connectivity index (χ0n) is 12.4. The molecule has 1 fully saturated rings. The van der Waals surface area contributed by atoms with Crippen molar-refractivity contribution in [1.82, 2.24) is 0 Å². The second kappa shape index (κ2) is 7.58. The van der Waals surface area contributed by atoms with Crippen molar-refractivity contribution >= 4 is 8.07 Å². The van der Waals surface area contributed by atoms with E-state index in [2.05, 4.69) is 26.6 Å². The molecule has 0 radical (unpaired) electrons. The highest BCUT2D eigenvalue weighted by Crippen LogP contribution is 2.34. The third kappa shape index (κ3) is 6.61. The van der Waals surface area contributed by atoms with Gasteiger partial charge in [-0.05, 0) is 6.42 Å². The van der Waals surface area contributed by atoms with Gasteiger partial charge >= 0.3 is 0 Å². The fraction of sp³-hybridized carbons (Fsp3) is 1.00. The lowest BCUT2D eigenvalue weighted by Gasteiger charge is -2.11. The van der Waals surface area contributed by atoms with Gasteiger partial charge in [0.1, 0.15) is 0 Å². The first-order valence-electron chi connectivity index (χ1n) is 7.71. The molecule has 0 spiro atoms. The molecule has 2 atom stereocenters. The Balaban J connectivity index is 1.83. The minimum Gasteiger partial charge on any atom is -0.373 e. The first-order valence-corrected chi connectivity index (χ1v) is 11.3. The van der Waals surface area contributed by atoms with Crippen LogP contribution in [0.3, 0.4) is 0 Å². The Labute approximate surface area is 109 Å². The molecule has 0 aromatic heterocycles. The lowest BCUT2D eigenvalue weighted by atomic mass is 10.1. The Kier molecular flexibility index (Phi) is 6.79. The quantitative estimate of drug-likeness (QED) is 0.299. The molecule has 0 saturated carbocycles. The van der Waals surface area contributed by atoms with Crippen LogP contribution >= 0.6 is 0 Å². The van der Waals surface area contributed by atoms with Crippen LogP contribution in [0.4, 0.5) is 0 Å². The van der Waals surface area contributed by atoms with Crippen LogP contribution < -0.4 is 0 Å². The Hall–Kier alpha value is 0.177. The first-order chi connectivity index (χ1) is 8.05. The van der Waals surface area contributed by atoms with Crippen LogP contribution in [0, 0.1) is 0 Å². The van der Waals surface area contributed by atoms with Crippen LogP contribution in [0.25, 0.3) is 0 Å². The normalized spacial score (nSPS) is 24.0. The predicted molar refractivity (Wildman–Crippen MR) is 79.2 cm³/mol. The summed E-state index contributed by atoms with van der Waals surface area (Å²) < 4.78 is 5.80. The highest BCUT2D eigenvalue weighted by atomic mass is 28.3. The minimum absolute atomic E-state index is 0.641. The molecule has 0 N–H and O–H groups in total. The molecule has 0 aliphatic carbocycles. The summed E-state index contributed by atoms with van der Waals surface area (Å²) in [6.45, 7) is 9.55. The predicted octanol–water partition coefficient (Wildman–Crippen LogP) is 5.16. The molecule has 1 nitrogen and oxygen atoms in total. The fourth-order valence-electron chi connectivity index (χ4n) is 2.60. The van der Waals surface area contributed by atoms with Crippen molar-refractivity contribution in [2.75, 3.05) is 0 Å². The van der Waals surface area contributed by atoms with Gasteiger partial charge < -0.3 is 4.74 Å². The number of hydrogen-bond acceptors (Lipinski definition) is 1. The third-order valence-corrected chi connectivity index (χ3v) is 5.99. The van der Waals surface area contributed by atoms with Crippen LogP contribution in [0.15, 0.2) is 0 Å². The van der Waals surface area contributed by atoms with E-state index in [-0.39, 0.29) is 0 Å². The smallest absolute Gasteiger partial charge is 0.0819 e. The number of epoxide rings is 1. The zero-order chi connectivity index (χ0) is 12.7. The van der Waals surface area contributed by atoms with E-state index in [1.54, 1.807) is 0 Å². The summed E-state index contributed by atoms with van der Waals surface area (Å²) in [6.07, 6.45) is 13.3. The lowest BCUT2D eigenvalue weighted by molar-refractivity contribution is 0.377. The summed E-state index contributed by atoms with van der Waals surface area (Å²) in [7, 11) is -0.999. The van der Waals surface area contributed by atoms with Crippen molar-refractivity contribution in [3.63, 3.8) is 0 Å². The molecule has 1 aliphatic rings. The topological polar surface area (TPSA) is 12.5 Å². The summed E-state index contributed by atoms with van der Waals surface area (Å²) in [4.78, 5) is 0. The monoisotopic (exact) mass is 256 g/mol. The average Bonchev–Trinajstić information content (AvgIpc) is 3.01. The lowest BCUT2D eigenvalue weighted by Crippen LogP contribution is -2.30. The highest BCUT2D eigenvalue weighted by Gasteiger charge is 2.47. The van der Waals surface area contributed by atoms with Gasteiger partial charge in [0.2, 0.25) is 0 Å². The fourth-order valence-corrected chi connectivity index (χ4v) is 4.47. The molecule has 102 valence electrons. The van der Waals surface area contributed by atoms with Gasteiger partial charge in [-0.15, -0.1) is 0 Å². The van der Waals surface area contributed by atoms with Crippen molar-refractivity contribution in [2.24, 2.45) is 0 Å². The number of ether oxygens (including phenoxy) is 1. The highest BCUT2D eigenvalue weighted by molar-refractivity contribution is 6.78. The van der Waals surface area contributed by atoms with Gasteiger partial charge in [0, 0.05) is 0 Å². The second-order valence-electron chi connectivity index (χ2n) is 6.72. The Morgan fingerprint density at radius 1 is 0.824 bits per heavy atom. The van der Waals surface area contributed by atoms with Crippen molar-refractivity contribution in [3.8, 4) is 0 Å². The summed E-state index contributed by atoms with van der Waals surface area (Å²) in [6, 6.07) is 0. The molecular weight excluding hydrogens is 224 g/mol. The van der Waals surface area contributed by atoms with Gasteiger partial charge in [0.25, 0.3) is 0 Å². The van der Waals surface area contributed by atoms with Crippen LogP contribution in [0.2, 0.25) is 19.6 Å². The summed E-state index contributed by atoms with van der Waals surface area (Å²) in [5.41, 5.74) is 0.673. The van der Waals surface area contributed by atoms with Gasteiger partial charge in [-0.25, -0.2) is 0 Å². The van der Waals surface area contributed by atoms with E-state index in [1.165, 1.54) is 57.8 Å². The zero-order valence-corrected chi connectivity index (χ0v) is 13.4. The molecule has 0 bridgehead atoms. The van der Waals surface area contributed by atoms with Gasteiger partial charge in [0.15, 0.2) is 0 Å². The molecule has 0 amide bonds. The maximum atomic E-state index is 5.80. The summed E-state index contributed by atoms with van der Waals surface area (Å²) >= 11 is 0. The van der Waals surface area contributed by atoms with Gasteiger partial charge in [0.05, 0.1) is 19.9 Å². The van der Waals surface area contributed by atoms with Gasteiger partial charge in [-0.3, -0.25) is 0 Å². The van der Waals surface area contributed by atoms with Crippen LogP contribution in [0.5, 0.6) is 0 Å². The molecule has 1 saturated heterocycles. The summed E-state index contributed by atoms with van der Waals surface area (Å²) in [5, 5.41) is 0. The summed E-state index contributed by atoms with van der Waals surface area (Å²) in [5.74, 6) is 0. The van der Waals surface area contributed by atoms with E-state index in [0.29, 0.717) is 11.8 Å². The average molecular weight is 257 g/mol. The van der Waals surface area contributed by atoms with E-state index in [0.717, 1.165) is 0 Å². The van der Waals surface area contributed by atoms with Crippen molar-refractivity contribution in [1.29, 1.82) is 0 Å². The molecule has 2 unspecified atom stereocenters. The maximum absolute atomic E-state index is 5.80. The van der Waals surface area contributed by atoms with E-state index in [4.69, 9.17) is 4.74 Å². The number of unbranched alkanes of at least 4 members (excludes halogenated alkanes) is 7. The number of hydrogen-bond donors (Lipinski definition) is 0. The molecule has 1 aliphatic heterocycles. The van der Waals surface area contributed by atoms with Crippen LogP contribution in [-0.4, -0.2) is 19.9 Å². The van der Waals surface area contributed by atoms with E-state index >= 15 is 0 Å². The Morgan fingerprint density at radius 3 is 1.82 bits per heavy atom. The molecular formula is C15H32OSi. The van der Waals surface area contributed by atoms with Crippen molar-refractivity contribution < 1.29 is 4.74 Å². The molecule has 2 heteroatoms. The minimum atomic E-state index is -0.999. The van der Waals surface area contributed by atoms with Crippen LogP contribution in [0.1, 0.15) is 64.7 Å². The standard InChI is InChI=1S/C15H32OSi/c1-5-6-7-8-9-10-11-12-13-14-15(16-14)17(2,3)4/h14-15H,5-13H2,1-4H3.